The van der Waals surface area contributed by atoms with Gasteiger partial charge < -0.3 is 10.4 Å². The maximum absolute atomic E-state index is 10.9. The first kappa shape index (κ1) is 13.8. The molecular weight excluding hydrogens is 296 g/mol. The minimum absolute atomic E-state index is 0.183. The second-order valence-corrected chi connectivity index (χ2v) is 7.35. The SMILES string of the molecule is O=C(O)[C@@H]1C[C@H]1c1ccc(NCc2cnc(C3CC3)s2)cc1. The van der Waals surface area contributed by atoms with Gasteiger partial charge in [0.05, 0.1) is 17.5 Å². The zero-order valence-corrected chi connectivity index (χ0v) is 13.0. The van der Waals surface area contributed by atoms with Gasteiger partial charge in [-0.2, -0.15) is 0 Å². The molecule has 114 valence electrons. The van der Waals surface area contributed by atoms with E-state index in [4.69, 9.17) is 5.11 Å². The number of anilines is 1. The summed E-state index contributed by atoms with van der Waals surface area (Å²) in [6.45, 7) is 0.797. The van der Waals surface area contributed by atoms with Gasteiger partial charge in [-0.1, -0.05) is 12.1 Å². The molecule has 5 heteroatoms. The number of benzene rings is 1. The fourth-order valence-corrected chi connectivity index (χ4v) is 3.82. The summed E-state index contributed by atoms with van der Waals surface area (Å²) in [5, 5.41) is 13.7. The fourth-order valence-electron chi connectivity index (χ4n) is 2.80. The molecule has 0 aliphatic heterocycles. The summed E-state index contributed by atoms with van der Waals surface area (Å²) in [5.74, 6) is 0.0635. The van der Waals surface area contributed by atoms with Crippen LogP contribution in [0.5, 0.6) is 0 Å². The van der Waals surface area contributed by atoms with Gasteiger partial charge in [-0.3, -0.25) is 4.79 Å². The Labute approximate surface area is 133 Å². The highest BCUT2D eigenvalue weighted by molar-refractivity contribution is 7.11. The third-order valence-electron chi connectivity index (χ3n) is 4.41. The Bertz CT molecular complexity index is 691. The van der Waals surface area contributed by atoms with Gasteiger partial charge in [0.25, 0.3) is 0 Å². The quantitative estimate of drug-likeness (QED) is 0.851. The van der Waals surface area contributed by atoms with E-state index < -0.39 is 5.97 Å². The van der Waals surface area contributed by atoms with Crippen molar-refractivity contribution in [1.82, 2.24) is 4.98 Å². The first-order valence-electron chi connectivity index (χ1n) is 7.72. The number of aliphatic carboxylic acids is 1. The molecule has 2 aliphatic rings. The number of nitrogens with zero attached hydrogens (tertiary/aromatic N) is 1. The first-order chi connectivity index (χ1) is 10.7. The number of carbonyl (C=O) groups is 1. The van der Waals surface area contributed by atoms with Crippen LogP contribution in [0.1, 0.15) is 46.5 Å². The van der Waals surface area contributed by atoms with Gasteiger partial charge in [0, 0.05) is 22.7 Å². The van der Waals surface area contributed by atoms with Crippen molar-refractivity contribution in [2.24, 2.45) is 5.92 Å². The Morgan fingerprint density at radius 1 is 1.32 bits per heavy atom. The summed E-state index contributed by atoms with van der Waals surface area (Å²) < 4.78 is 0. The van der Waals surface area contributed by atoms with Crippen molar-refractivity contribution in [2.75, 3.05) is 5.32 Å². The Morgan fingerprint density at radius 3 is 2.73 bits per heavy atom. The largest absolute Gasteiger partial charge is 0.481 e. The van der Waals surface area contributed by atoms with Crippen molar-refractivity contribution in [3.63, 3.8) is 0 Å². The van der Waals surface area contributed by atoms with E-state index in [2.05, 4.69) is 10.3 Å². The molecule has 4 rings (SSSR count). The van der Waals surface area contributed by atoms with Crippen LogP contribution >= 0.6 is 11.3 Å². The van der Waals surface area contributed by atoms with Crippen molar-refractivity contribution in [3.8, 4) is 0 Å². The number of carboxylic acids is 1. The van der Waals surface area contributed by atoms with Gasteiger partial charge in [0.15, 0.2) is 0 Å². The summed E-state index contributed by atoms with van der Waals surface area (Å²) in [6, 6.07) is 8.15. The van der Waals surface area contributed by atoms with Crippen molar-refractivity contribution in [2.45, 2.75) is 37.6 Å². The first-order valence-corrected chi connectivity index (χ1v) is 8.53. The van der Waals surface area contributed by atoms with Gasteiger partial charge in [0.1, 0.15) is 0 Å². The van der Waals surface area contributed by atoms with Gasteiger partial charge >= 0.3 is 5.97 Å². The van der Waals surface area contributed by atoms with E-state index in [1.54, 1.807) is 11.3 Å². The molecule has 0 saturated heterocycles. The van der Waals surface area contributed by atoms with Crippen LogP contribution < -0.4 is 5.32 Å². The average Bonchev–Trinajstić information content (AvgIpc) is 3.44. The van der Waals surface area contributed by atoms with Crippen molar-refractivity contribution >= 4 is 23.0 Å². The van der Waals surface area contributed by atoms with E-state index in [1.807, 2.05) is 30.5 Å². The maximum atomic E-state index is 10.9. The second-order valence-electron chi connectivity index (χ2n) is 6.20. The lowest BCUT2D eigenvalue weighted by Gasteiger charge is -2.06. The third kappa shape index (κ3) is 2.86. The number of hydrogen-bond donors (Lipinski definition) is 2. The lowest BCUT2D eigenvalue weighted by atomic mass is 10.1. The van der Waals surface area contributed by atoms with Crippen LogP contribution in [0.2, 0.25) is 0 Å². The van der Waals surface area contributed by atoms with Gasteiger partial charge in [-0.25, -0.2) is 4.98 Å². The fraction of sp³-hybridized carbons (Fsp3) is 0.412. The number of carboxylic acid groups (broad SMARTS) is 1. The summed E-state index contributed by atoms with van der Waals surface area (Å²) in [5.41, 5.74) is 2.20. The van der Waals surface area contributed by atoms with Crippen molar-refractivity contribution < 1.29 is 9.90 Å². The topological polar surface area (TPSA) is 62.2 Å². The van der Waals surface area contributed by atoms with Crippen LogP contribution in [-0.4, -0.2) is 16.1 Å². The number of aromatic nitrogens is 1. The lowest BCUT2D eigenvalue weighted by molar-refractivity contribution is -0.138. The van der Waals surface area contributed by atoms with E-state index in [-0.39, 0.29) is 11.8 Å². The molecule has 0 bridgehead atoms. The lowest BCUT2D eigenvalue weighted by Crippen LogP contribution is -1.99. The summed E-state index contributed by atoms with van der Waals surface area (Å²) >= 11 is 1.81. The van der Waals surface area contributed by atoms with Gasteiger partial charge in [-0.15, -0.1) is 11.3 Å². The number of hydrogen-bond acceptors (Lipinski definition) is 4. The van der Waals surface area contributed by atoms with Gasteiger partial charge in [0.2, 0.25) is 0 Å². The average molecular weight is 314 g/mol. The molecule has 2 saturated carbocycles. The normalized spacial score (nSPS) is 23.3. The predicted octanol–water partition coefficient (Wildman–Crippen LogP) is 3.82. The standard InChI is InChI=1S/C17H18N2O2S/c20-17(21)15-7-14(15)10-3-5-12(6-4-10)18-8-13-9-19-16(22-13)11-1-2-11/h3-6,9,11,14-15,18H,1-2,7-8H2,(H,20,21)/t14-,15+/m0/s1. The molecule has 2 aliphatic carbocycles. The molecule has 1 aromatic heterocycles. The highest BCUT2D eigenvalue weighted by Crippen LogP contribution is 2.47. The van der Waals surface area contributed by atoms with Crippen LogP contribution in [0, 0.1) is 5.92 Å². The molecule has 0 radical (unpaired) electrons. The monoisotopic (exact) mass is 314 g/mol. The molecule has 1 heterocycles. The summed E-state index contributed by atoms with van der Waals surface area (Å²) in [4.78, 5) is 16.7. The Balaban J connectivity index is 1.34. The second kappa shape index (κ2) is 5.39. The van der Waals surface area contributed by atoms with E-state index in [0.717, 1.165) is 30.1 Å². The zero-order valence-electron chi connectivity index (χ0n) is 12.2. The Morgan fingerprint density at radius 2 is 2.09 bits per heavy atom. The third-order valence-corrected chi connectivity index (χ3v) is 5.57. The maximum Gasteiger partial charge on any atom is 0.307 e. The van der Waals surface area contributed by atoms with Crippen molar-refractivity contribution in [3.05, 3.63) is 45.9 Å². The molecule has 0 spiro atoms. The summed E-state index contributed by atoms with van der Waals surface area (Å²) in [6.07, 6.45) is 5.33. The van der Waals surface area contributed by atoms with Gasteiger partial charge in [-0.05, 0) is 42.9 Å². The minimum Gasteiger partial charge on any atom is -0.481 e. The molecule has 2 fully saturated rings. The van der Waals surface area contributed by atoms with Crippen LogP contribution in [0.3, 0.4) is 0 Å². The molecule has 0 amide bonds. The van der Waals surface area contributed by atoms with Crippen LogP contribution in [-0.2, 0) is 11.3 Å². The molecular formula is C17H18N2O2S. The zero-order chi connectivity index (χ0) is 15.1. The smallest absolute Gasteiger partial charge is 0.307 e. The predicted molar refractivity (Wildman–Crippen MR) is 86.3 cm³/mol. The highest BCUT2D eigenvalue weighted by atomic mass is 32.1. The number of nitrogens with one attached hydrogen (secondary N) is 1. The van der Waals surface area contributed by atoms with E-state index in [0.29, 0.717) is 0 Å². The Hall–Kier alpha value is -1.88. The molecule has 4 nitrogen and oxygen atoms in total. The number of rotatable bonds is 6. The van der Waals surface area contributed by atoms with Crippen LogP contribution in [0.15, 0.2) is 30.5 Å². The molecule has 22 heavy (non-hydrogen) atoms. The summed E-state index contributed by atoms with van der Waals surface area (Å²) in [7, 11) is 0. The van der Waals surface area contributed by atoms with Crippen LogP contribution in [0.4, 0.5) is 5.69 Å². The molecule has 2 aromatic rings. The van der Waals surface area contributed by atoms with Crippen molar-refractivity contribution in [1.29, 1.82) is 0 Å². The van der Waals surface area contributed by atoms with Crippen LogP contribution in [0.25, 0.3) is 0 Å². The molecule has 2 atom stereocenters. The van der Waals surface area contributed by atoms with E-state index in [1.165, 1.54) is 22.7 Å². The van der Waals surface area contributed by atoms with E-state index >= 15 is 0 Å². The van der Waals surface area contributed by atoms with E-state index in [9.17, 15) is 4.79 Å². The number of thiazole rings is 1. The minimum atomic E-state index is -0.677. The highest BCUT2D eigenvalue weighted by Gasteiger charge is 2.43. The molecule has 1 aromatic carbocycles. The Kier molecular flexibility index (Phi) is 3.37. The molecule has 2 N–H and O–H groups in total. The molecule has 0 unspecified atom stereocenters.